The average molecular weight is 230 g/mol. The van der Waals surface area contributed by atoms with Gasteiger partial charge in [-0.05, 0) is 19.3 Å². The molecule has 0 aromatic heterocycles. The lowest BCUT2D eigenvalue weighted by atomic mass is 10.1. The highest BCUT2D eigenvalue weighted by atomic mass is 16.6. The van der Waals surface area contributed by atoms with E-state index in [0.29, 0.717) is 0 Å². The fourth-order valence-corrected chi connectivity index (χ4v) is 1.46. The summed E-state index contributed by atoms with van der Waals surface area (Å²) < 4.78 is 10.4. The summed E-state index contributed by atoms with van der Waals surface area (Å²) in [5.74, 6) is -0.890. The number of amides is 1. The Balaban J connectivity index is 2.02. The smallest absolute Gasteiger partial charge is 0.320 e. The minimum Gasteiger partial charge on any atom is -0.462 e. The van der Waals surface area contributed by atoms with E-state index in [9.17, 15) is 9.59 Å². The molecule has 0 spiro atoms. The van der Waals surface area contributed by atoms with Crippen LogP contribution in [-0.2, 0) is 19.1 Å². The van der Waals surface area contributed by atoms with Gasteiger partial charge in [-0.15, -0.1) is 0 Å². The van der Waals surface area contributed by atoms with Crippen LogP contribution in [-0.4, -0.2) is 44.3 Å². The lowest BCUT2D eigenvalue weighted by Gasteiger charge is -2.22. The van der Waals surface area contributed by atoms with Crippen LogP contribution in [0.15, 0.2) is 0 Å². The van der Waals surface area contributed by atoms with E-state index in [1.165, 1.54) is 0 Å². The largest absolute Gasteiger partial charge is 0.462 e. The molecule has 3 N–H and O–H groups in total. The van der Waals surface area contributed by atoms with Gasteiger partial charge in [-0.25, -0.2) is 0 Å². The third-order valence-electron chi connectivity index (χ3n) is 2.27. The van der Waals surface area contributed by atoms with Crippen LogP contribution in [0.25, 0.3) is 0 Å². The molecular formula is C10H18N2O4. The molecule has 1 saturated heterocycles. The van der Waals surface area contributed by atoms with Crippen LogP contribution in [0.1, 0.15) is 19.3 Å². The van der Waals surface area contributed by atoms with Crippen molar-refractivity contribution in [3.8, 4) is 0 Å². The molecule has 0 aromatic carbocycles. The summed E-state index contributed by atoms with van der Waals surface area (Å²) in [6.45, 7) is 1.00. The SMILES string of the molecule is NC(=O)CNCC(=O)OCC1CCCCO1. The van der Waals surface area contributed by atoms with Crippen molar-refractivity contribution in [3.05, 3.63) is 0 Å². The molecule has 1 fully saturated rings. The summed E-state index contributed by atoms with van der Waals surface area (Å²) in [5.41, 5.74) is 4.90. The first-order valence-corrected chi connectivity index (χ1v) is 5.44. The van der Waals surface area contributed by atoms with Crippen LogP contribution in [0.3, 0.4) is 0 Å². The van der Waals surface area contributed by atoms with E-state index in [0.717, 1.165) is 25.9 Å². The number of rotatable bonds is 6. The van der Waals surface area contributed by atoms with Gasteiger partial charge in [0.05, 0.1) is 19.2 Å². The minimum atomic E-state index is -0.497. The highest BCUT2D eigenvalue weighted by molar-refractivity contribution is 5.77. The van der Waals surface area contributed by atoms with E-state index in [1.807, 2.05) is 0 Å². The van der Waals surface area contributed by atoms with Crippen LogP contribution >= 0.6 is 0 Å². The fraction of sp³-hybridized carbons (Fsp3) is 0.800. The Labute approximate surface area is 94.5 Å². The first-order chi connectivity index (χ1) is 7.68. The zero-order chi connectivity index (χ0) is 11.8. The van der Waals surface area contributed by atoms with E-state index in [4.69, 9.17) is 15.2 Å². The number of nitrogens with one attached hydrogen (secondary N) is 1. The molecule has 1 aliphatic heterocycles. The van der Waals surface area contributed by atoms with Crippen molar-refractivity contribution in [1.82, 2.24) is 5.32 Å². The van der Waals surface area contributed by atoms with Gasteiger partial charge in [-0.3, -0.25) is 14.9 Å². The number of hydrogen-bond acceptors (Lipinski definition) is 5. The molecule has 0 bridgehead atoms. The second-order valence-electron chi connectivity index (χ2n) is 3.74. The molecule has 0 radical (unpaired) electrons. The predicted octanol–water partition coefficient (Wildman–Crippen LogP) is -0.826. The Morgan fingerprint density at radius 1 is 1.38 bits per heavy atom. The summed E-state index contributed by atoms with van der Waals surface area (Å²) in [4.78, 5) is 21.5. The maximum atomic E-state index is 11.2. The first-order valence-electron chi connectivity index (χ1n) is 5.44. The van der Waals surface area contributed by atoms with Crippen molar-refractivity contribution in [2.45, 2.75) is 25.4 Å². The Morgan fingerprint density at radius 3 is 2.81 bits per heavy atom. The van der Waals surface area contributed by atoms with Crippen molar-refractivity contribution in [2.75, 3.05) is 26.3 Å². The number of esters is 1. The second-order valence-corrected chi connectivity index (χ2v) is 3.74. The standard InChI is InChI=1S/C10H18N2O4/c11-9(13)5-12-6-10(14)16-7-8-3-1-2-4-15-8/h8,12H,1-7H2,(H2,11,13). The van der Waals surface area contributed by atoms with Crippen molar-refractivity contribution in [1.29, 1.82) is 0 Å². The molecule has 6 nitrogen and oxygen atoms in total. The normalized spacial score (nSPS) is 20.4. The number of carbonyl (C=O) groups is 2. The number of nitrogens with two attached hydrogens (primary N) is 1. The van der Waals surface area contributed by atoms with Crippen LogP contribution in [0.4, 0.5) is 0 Å². The maximum Gasteiger partial charge on any atom is 0.320 e. The van der Waals surface area contributed by atoms with Crippen molar-refractivity contribution in [3.63, 3.8) is 0 Å². The Hall–Kier alpha value is -1.14. The van der Waals surface area contributed by atoms with Crippen molar-refractivity contribution in [2.24, 2.45) is 5.73 Å². The summed E-state index contributed by atoms with van der Waals surface area (Å²) in [6, 6.07) is 0. The number of ether oxygens (including phenoxy) is 2. The Bertz CT molecular complexity index is 239. The molecule has 1 aliphatic rings. The van der Waals surface area contributed by atoms with Crippen molar-refractivity contribution >= 4 is 11.9 Å². The van der Waals surface area contributed by atoms with Crippen LogP contribution in [0.2, 0.25) is 0 Å². The number of hydrogen-bond donors (Lipinski definition) is 2. The molecule has 16 heavy (non-hydrogen) atoms. The summed E-state index contributed by atoms with van der Waals surface area (Å²) >= 11 is 0. The number of primary amides is 1. The van der Waals surface area contributed by atoms with Crippen LogP contribution < -0.4 is 11.1 Å². The van der Waals surface area contributed by atoms with Crippen molar-refractivity contribution < 1.29 is 19.1 Å². The van der Waals surface area contributed by atoms with E-state index in [2.05, 4.69) is 5.32 Å². The van der Waals surface area contributed by atoms with E-state index >= 15 is 0 Å². The third-order valence-corrected chi connectivity index (χ3v) is 2.27. The van der Waals surface area contributed by atoms with Gasteiger partial charge in [0.1, 0.15) is 6.61 Å². The van der Waals surface area contributed by atoms with Crippen LogP contribution in [0, 0.1) is 0 Å². The maximum absolute atomic E-state index is 11.2. The molecule has 1 unspecified atom stereocenters. The van der Waals surface area contributed by atoms with Gasteiger partial charge >= 0.3 is 5.97 Å². The van der Waals surface area contributed by atoms with Gasteiger partial charge < -0.3 is 15.2 Å². The highest BCUT2D eigenvalue weighted by Gasteiger charge is 2.15. The quantitative estimate of drug-likeness (QED) is 0.581. The molecular weight excluding hydrogens is 212 g/mol. The van der Waals surface area contributed by atoms with Gasteiger partial charge in [-0.2, -0.15) is 0 Å². The molecule has 92 valence electrons. The molecule has 1 atom stereocenters. The monoisotopic (exact) mass is 230 g/mol. The van der Waals surface area contributed by atoms with Gasteiger partial charge in [0, 0.05) is 6.61 Å². The van der Waals surface area contributed by atoms with Gasteiger partial charge in [0.15, 0.2) is 0 Å². The Kier molecular flexibility index (Phi) is 5.81. The zero-order valence-electron chi connectivity index (χ0n) is 9.24. The molecule has 6 heteroatoms. The predicted molar refractivity (Wildman–Crippen MR) is 56.6 cm³/mol. The van der Waals surface area contributed by atoms with Gasteiger partial charge in [0.25, 0.3) is 0 Å². The average Bonchev–Trinajstić information content (AvgIpc) is 2.27. The van der Waals surface area contributed by atoms with Gasteiger partial charge in [-0.1, -0.05) is 0 Å². The Morgan fingerprint density at radius 2 is 2.19 bits per heavy atom. The topological polar surface area (TPSA) is 90.7 Å². The first kappa shape index (κ1) is 12.9. The highest BCUT2D eigenvalue weighted by Crippen LogP contribution is 2.12. The third kappa shape index (κ3) is 5.67. The molecule has 0 aromatic rings. The van der Waals surface area contributed by atoms with Crippen LogP contribution in [0.5, 0.6) is 0 Å². The molecule has 0 aliphatic carbocycles. The molecule has 1 heterocycles. The molecule has 1 amide bonds. The lowest BCUT2D eigenvalue weighted by molar-refractivity contribution is -0.148. The minimum absolute atomic E-state index is 0.00431. The lowest BCUT2D eigenvalue weighted by Crippen LogP contribution is -2.34. The van der Waals surface area contributed by atoms with Gasteiger partial charge in [0.2, 0.25) is 5.91 Å². The fourth-order valence-electron chi connectivity index (χ4n) is 1.46. The van der Waals surface area contributed by atoms with E-state index in [-0.39, 0.29) is 25.8 Å². The molecule has 0 saturated carbocycles. The number of carbonyl (C=O) groups excluding carboxylic acids is 2. The summed E-state index contributed by atoms with van der Waals surface area (Å²) in [6.07, 6.45) is 3.14. The zero-order valence-corrected chi connectivity index (χ0v) is 9.24. The van der Waals surface area contributed by atoms with E-state index < -0.39 is 11.9 Å². The summed E-state index contributed by atoms with van der Waals surface area (Å²) in [5, 5.41) is 2.58. The summed E-state index contributed by atoms with van der Waals surface area (Å²) in [7, 11) is 0. The van der Waals surface area contributed by atoms with E-state index in [1.54, 1.807) is 0 Å². The second kappa shape index (κ2) is 7.19. The molecule has 1 rings (SSSR count).